The van der Waals surface area contributed by atoms with Gasteiger partial charge in [-0.1, -0.05) is 44.4 Å². The molecule has 0 spiro atoms. The van der Waals surface area contributed by atoms with Crippen LogP contribution >= 0.6 is 0 Å². The molecule has 0 bridgehead atoms. The molecule has 1 atom stereocenters. The molecule has 0 aromatic heterocycles. The average Bonchev–Trinajstić information content (AvgIpc) is 2.96. The molecule has 4 rings (SSSR count). The zero-order chi connectivity index (χ0) is 19.7. The molecule has 3 aliphatic rings. The van der Waals surface area contributed by atoms with Gasteiger partial charge in [-0.25, -0.2) is 0 Å². The number of Topliss-reactive ketones (excluding diaryl/α,β-unsaturated/α-hetero) is 1. The highest BCUT2D eigenvalue weighted by Gasteiger charge is 2.50. The lowest BCUT2D eigenvalue weighted by Crippen LogP contribution is -2.51. The quantitative estimate of drug-likeness (QED) is 0.755. The molecule has 1 aliphatic carbocycles. The number of carbonyl (C=O) groups is 2. The minimum Gasteiger partial charge on any atom is -0.308 e. The molecular weight excluding hydrogens is 348 g/mol. The van der Waals surface area contributed by atoms with Crippen molar-refractivity contribution in [2.45, 2.75) is 89.1 Å². The number of benzene rings is 1. The van der Waals surface area contributed by atoms with Crippen molar-refractivity contribution in [2.75, 3.05) is 18.0 Å². The van der Waals surface area contributed by atoms with Crippen molar-refractivity contribution in [1.29, 1.82) is 0 Å². The van der Waals surface area contributed by atoms with Crippen LogP contribution in [0.1, 0.15) is 77.2 Å². The lowest BCUT2D eigenvalue weighted by Gasteiger charge is -2.42. The van der Waals surface area contributed by atoms with Crippen molar-refractivity contribution in [3.8, 4) is 0 Å². The zero-order valence-corrected chi connectivity index (χ0v) is 17.5. The van der Waals surface area contributed by atoms with Crippen LogP contribution in [0.15, 0.2) is 24.3 Å². The number of para-hydroxylation sites is 1. The van der Waals surface area contributed by atoms with E-state index in [9.17, 15) is 9.59 Å². The minimum atomic E-state index is -0.704. The zero-order valence-electron chi connectivity index (χ0n) is 17.5. The maximum Gasteiger partial charge on any atom is 0.238 e. The summed E-state index contributed by atoms with van der Waals surface area (Å²) in [6, 6.07) is 9.14. The molecule has 1 aromatic rings. The number of hydrogen-bond donors (Lipinski definition) is 0. The van der Waals surface area contributed by atoms with Crippen LogP contribution < -0.4 is 4.90 Å². The summed E-state index contributed by atoms with van der Waals surface area (Å²) in [5.74, 6) is 0.297. The maximum atomic E-state index is 13.6. The highest BCUT2D eigenvalue weighted by atomic mass is 16.2. The number of likely N-dealkylation sites (tertiary alicyclic amines) is 1. The van der Waals surface area contributed by atoms with Crippen LogP contribution in [0.3, 0.4) is 0 Å². The summed E-state index contributed by atoms with van der Waals surface area (Å²) in [5, 5.41) is 0. The van der Waals surface area contributed by atoms with Crippen LogP contribution in [0.2, 0.25) is 0 Å². The molecule has 28 heavy (non-hydrogen) atoms. The molecule has 1 amide bonds. The van der Waals surface area contributed by atoms with Crippen LogP contribution in [-0.4, -0.2) is 41.8 Å². The highest BCUT2D eigenvalue weighted by molar-refractivity contribution is 6.10. The third kappa shape index (κ3) is 3.41. The summed E-state index contributed by atoms with van der Waals surface area (Å²) in [7, 11) is 0. The number of nitrogens with zero attached hydrogens (tertiary/aromatic N) is 2. The van der Waals surface area contributed by atoms with Gasteiger partial charge in [0.15, 0.2) is 0 Å². The highest BCUT2D eigenvalue weighted by Crippen LogP contribution is 2.46. The van der Waals surface area contributed by atoms with Gasteiger partial charge in [0.1, 0.15) is 5.78 Å². The number of hydrogen-bond acceptors (Lipinski definition) is 3. The second-order valence-corrected chi connectivity index (χ2v) is 9.15. The van der Waals surface area contributed by atoms with Gasteiger partial charge >= 0.3 is 0 Å². The van der Waals surface area contributed by atoms with E-state index in [0.29, 0.717) is 12.8 Å². The largest absolute Gasteiger partial charge is 0.308 e. The van der Waals surface area contributed by atoms with Crippen molar-refractivity contribution in [3.05, 3.63) is 29.8 Å². The van der Waals surface area contributed by atoms with Crippen molar-refractivity contribution >= 4 is 17.4 Å². The van der Waals surface area contributed by atoms with Gasteiger partial charge in [-0.2, -0.15) is 0 Å². The lowest BCUT2D eigenvalue weighted by atomic mass is 9.79. The van der Waals surface area contributed by atoms with Crippen molar-refractivity contribution in [1.82, 2.24) is 4.90 Å². The Morgan fingerprint density at radius 2 is 1.71 bits per heavy atom. The summed E-state index contributed by atoms with van der Waals surface area (Å²) in [6.45, 7) is 6.03. The number of rotatable bonds is 5. The summed E-state index contributed by atoms with van der Waals surface area (Å²) in [4.78, 5) is 30.6. The molecule has 2 heterocycles. The smallest absolute Gasteiger partial charge is 0.238 e. The van der Waals surface area contributed by atoms with E-state index in [1.807, 2.05) is 32.0 Å². The predicted molar refractivity (Wildman–Crippen MR) is 113 cm³/mol. The first kappa shape index (κ1) is 19.6. The van der Waals surface area contributed by atoms with E-state index in [0.717, 1.165) is 43.2 Å². The molecule has 0 N–H and O–H groups in total. The molecule has 0 radical (unpaired) electrons. The van der Waals surface area contributed by atoms with E-state index in [4.69, 9.17) is 0 Å². The number of piperidine rings is 1. The number of fused-ring (bicyclic) bond motifs is 1. The first-order chi connectivity index (χ1) is 13.5. The van der Waals surface area contributed by atoms with Gasteiger partial charge in [0.05, 0.1) is 5.41 Å². The molecule has 2 aliphatic heterocycles. The van der Waals surface area contributed by atoms with Crippen LogP contribution in [0.4, 0.5) is 5.69 Å². The summed E-state index contributed by atoms with van der Waals surface area (Å²) in [5.41, 5.74) is 1.37. The van der Waals surface area contributed by atoms with Gasteiger partial charge in [0, 0.05) is 43.7 Å². The second kappa shape index (κ2) is 7.98. The number of anilines is 1. The molecule has 4 heteroatoms. The van der Waals surface area contributed by atoms with E-state index < -0.39 is 5.41 Å². The molecule has 152 valence electrons. The maximum absolute atomic E-state index is 13.6. The summed E-state index contributed by atoms with van der Waals surface area (Å²) >= 11 is 0. The van der Waals surface area contributed by atoms with Crippen LogP contribution in [-0.2, 0) is 15.0 Å². The molecular formula is C24H34N2O2. The van der Waals surface area contributed by atoms with Crippen molar-refractivity contribution in [2.24, 2.45) is 0 Å². The van der Waals surface area contributed by atoms with E-state index in [2.05, 4.69) is 15.9 Å². The molecule has 1 unspecified atom stereocenters. The molecule has 2 fully saturated rings. The third-order valence-electron chi connectivity index (χ3n) is 7.35. The van der Waals surface area contributed by atoms with Crippen LogP contribution in [0.25, 0.3) is 0 Å². The van der Waals surface area contributed by atoms with Gasteiger partial charge in [-0.15, -0.1) is 0 Å². The Bertz CT molecular complexity index is 732. The first-order valence-electron chi connectivity index (χ1n) is 11.2. The van der Waals surface area contributed by atoms with Gasteiger partial charge in [0.2, 0.25) is 5.91 Å². The fraction of sp³-hybridized carbons (Fsp3) is 0.667. The topological polar surface area (TPSA) is 40.6 Å². The van der Waals surface area contributed by atoms with Crippen molar-refractivity contribution < 1.29 is 9.59 Å². The Hall–Kier alpha value is -1.68. The monoisotopic (exact) mass is 382 g/mol. The van der Waals surface area contributed by atoms with Crippen LogP contribution in [0, 0.1) is 0 Å². The Morgan fingerprint density at radius 1 is 1.04 bits per heavy atom. The number of ketones is 1. The van der Waals surface area contributed by atoms with E-state index in [-0.39, 0.29) is 17.7 Å². The minimum absolute atomic E-state index is 0.131. The Morgan fingerprint density at radius 3 is 2.39 bits per heavy atom. The summed E-state index contributed by atoms with van der Waals surface area (Å²) in [6.07, 6.45) is 9.69. The fourth-order valence-corrected chi connectivity index (χ4v) is 5.65. The predicted octanol–water partition coefficient (Wildman–Crippen LogP) is 4.46. The van der Waals surface area contributed by atoms with Crippen molar-refractivity contribution in [3.63, 3.8) is 0 Å². The molecule has 1 saturated carbocycles. The SMILES string of the molecule is CCC(=O)CC1(C)C(=O)N(C2CCN(C3CCCCC3)CC2)c2ccccc21. The Kier molecular flexibility index (Phi) is 5.59. The second-order valence-electron chi connectivity index (χ2n) is 9.15. The van der Waals surface area contributed by atoms with Crippen LogP contribution in [0.5, 0.6) is 0 Å². The normalized spacial score (nSPS) is 27.2. The van der Waals surface area contributed by atoms with E-state index >= 15 is 0 Å². The number of carbonyl (C=O) groups excluding carboxylic acids is 2. The van der Waals surface area contributed by atoms with Gasteiger partial charge in [-0.05, 0) is 44.2 Å². The molecule has 1 aromatic carbocycles. The van der Waals surface area contributed by atoms with E-state index in [1.54, 1.807) is 0 Å². The third-order valence-corrected chi connectivity index (χ3v) is 7.35. The van der Waals surface area contributed by atoms with Gasteiger partial charge in [0.25, 0.3) is 0 Å². The Balaban J connectivity index is 1.52. The standard InChI is InChI=1S/C24H34N2O2/c1-3-20(27)17-24(2)21-11-7-8-12-22(21)26(23(24)28)19-13-15-25(16-14-19)18-9-5-4-6-10-18/h7-8,11-12,18-19H,3-6,9-10,13-17H2,1-2H3. The summed E-state index contributed by atoms with van der Waals surface area (Å²) < 4.78 is 0. The van der Waals surface area contributed by atoms with Gasteiger partial charge in [-0.3, -0.25) is 9.59 Å². The lowest BCUT2D eigenvalue weighted by molar-refractivity contribution is -0.128. The molecule has 1 saturated heterocycles. The number of amides is 1. The fourth-order valence-electron chi connectivity index (χ4n) is 5.65. The average molecular weight is 383 g/mol. The first-order valence-corrected chi connectivity index (χ1v) is 11.2. The molecule has 4 nitrogen and oxygen atoms in total. The van der Waals surface area contributed by atoms with Gasteiger partial charge < -0.3 is 9.80 Å². The Labute approximate surface area is 169 Å². The van der Waals surface area contributed by atoms with E-state index in [1.165, 1.54) is 32.1 Å².